The van der Waals surface area contributed by atoms with E-state index in [1.807, 2.05) is 6.08 Å². The molecule has 12 heavy (non-hydrogen) atoms. The van der Waals surface area contributed by atoms with Crippen molar-refractivity contribution in [1.29, 1.82) is 0 Å². The van der Waals surface area contributed by atoms with Crippen molar-refractivity contribution in [3.05, 3.63) is 11.8 Å². The third-order valence-electron chi connectivity index (χ3n) is 1.80. The van der Waals surface area contributed by atoms with Gasteiger partial charge in [-0.15, -0.1) is 0 Å². The summed E-state index contributed by atoms with van der Waals surface area (Å²) in [5, 5.41) is 6.56. The third-order valence-corrected chi connectivity index (χ3v) is 2.02. The van der Waals surface area contributed by atoms with Gasteiger partial charge in [-0.2, -0.15) is 0 Å². The van der Waals surface area contributed by atoms with Gasteiger partial charge in [0, 0.05) is 24.2 Å². The van der Waals surface area contributed by atoms with E-state index in [9.17, 15) is 0 Å². The maximum absolute atomic E-state index is 5.12. The van der Waals surface area contributed by atoms with Gasteiger partial charge in [0.2, 0.25) is 0 Å². The second-order valence-electron chi connectivity index (χ2n) is 3.75. The van der Waals surface area contributed by atoms with E-state index in [1.54, 1.807) is 0 Å². The molecule has 1 heterocycles. The summed E-state index contributed by atoms with van der Waals surface area (Å²) < 4.78 is 0. The Hall–Kier alpha value is -0.570. The Bertz CT molecular complexity index is 219. The van der Waals surface area contributed by atoms with Crippen molar-refractivity contribution in [2.24, 2.45) is 0 Å². The van der Waals surface area contributed by atoms with Crippen LogP contribution >= 0.6 is 12.2 Å². The van der Waals surface area contributed by atoms with Crippen LogP contribution in [0.2, 0.25) is 0 Å². The smallest absolute Gasteiger partial charge is 0.101 e. The Balaban J connectivity index is 2.69. The van der Waals surface area contributed by atoms with E-state index in [4.69, 9.17) is 12.2 Å². The second kappa shape index (κ2) is 3.44. The van der Waals surface area contributed by atoms with Gasteiger partial charge in [-0.05, 0) is 26.8 Å². The van der Waals surface area contributed by atoms with Gasteiger partial charge >= 0.3 is 0 Å². The molecule has 0 radical (unpaired) electrons. The summed E-state index contributed by atoms with van der Waals surface area (Å²) in [6, 6.07) is 0. The Labute approximate surface area is 79.4 Å². The van der Waals surface area contributed by atoms with Crippen molar-refractivity contribution in [2.45, 2.75) is 32.7 Å². The predicted molar refractivity (Wildman–Crippen MR) is 56.2 cm³/mol. The SMILES string of the molecule is CCNC1=CC(=S)NC(C)(C)C1. The molecule has 0 aliphatic carbocycles. The monoisotopic (exact) mass is 184 g/mol. The van der Waals surface area contributed by atoms with Crippen LogP contribution in [0.25, 0.3) is 0 Å². The van der Waals surface area contributed by atoms with Crippen molar-refractivity contribution in [2.75, 3.05) is 6.54 Å². The average Bonchev–Trinajstić information content (AvgIpc) is 1.82. The molecule has 1 aliphatic heterocycles. The molecule has 0 saturated carbocycles. The number of hydrogen-bond acceptors (Lipinski definition) is 2. The summed E-state index contributed by atoms with van der Waals surface area (Å²) in [7, 11) is 0. The maximum Gasteiger partial charge on any atom is 0.101 e. The van der Waals surface area contributed by atoms with Gasteiger partial charge in [0.15, 0.2) is 0 Å². The highest BCUT2D eigenvalue weighted by Crippen LogP contribution is 2.18. The fourth-order valence-corrected chi connectivity index (χ4v) is 1.86. The lowest BCUT2D eigenvalue weighted by Crippen LogP contribution is -2.46. The van der Waals surface area contributed by atoms with E-state index >= 15 is 0 Å². The summed E-state index contributed by atoms with van der Waals surface area (Å²) in [6.07, 6.45) is 3.02. The molecule has 0 aromatic heterocycles. The number of hydrogen-bond donors (Lipinski definition) is 2. The zero-order valence-corrected chi connectivity index (χ0v) is 8.72. The van der Waals surface area contributed by atoms with Crippen LogP contribution in [0.4, 0.5) is 0 Å². The predicted octanol–water partition coefficient (Wildman–Crippen LogP) is 1.58. The summed E-state index contributed by atoms with van der Waals surface area (Å²) in [5.74, 6) is 0. The number of thiocarbonyl (C=S) groups is 1. The fourth-order valence-electron chi connectivity index (χ4n) is 1.44. The molecule has 0 amide bonds. The van der Waals surface area contributed by atoms with Crippen LogP contribution in [0.5, 0.6) is 0 Å². The minimum absolute atomic E-state index is 0.101. The standard InChI is InChI=1S/C9H16N2S/c1-4-10-7-5-8(12)11-9(2,3)6-7/h5,10H,4,6H2,1-3H3,(H,11,12). The van der Waals surface area contributed by atoms with E-state index in [-0.39, 0.29) is 5.54 Å². The normalized spacial score (nSPS) is 21.2. The van der Waals surface area contributed by atoms with E-state index < -0.39 is 0 Å². The minimum Gasteiger partial charge on any atom is -0.388 e. The first kappa shape index (κ1) is 9.52. The molecular weight excluding hydrogens is 168 g/mol. The van der Waals surface area contributed by atoms with Crippen molar-refractivity contribution >= 4 is 17.2 Å². The van der Waals surface area contributed by atoms with Crippen molar-refractivity contribution < 1.29 is 0 Å². The van der Waals surface area contributed by atoms with Crippen molar-refractivity contribution in [1.82, 2.24) is 10.6 Å². The van der Waals surface area contributed by atoms with Gasteiger partial charge < -0.3 is 10.6 Å². The molecule has 0 bridgehead atoms. The van der Waals surface area contributed by atoms with Gasteiger partial charge in [0.05, 0.1) is 0 Å². The van der Waals surface area contributed by atoms with E-state index in [2.05, 4.69) is 31.4 Å². The van der Waals surface area contributed by atoms with Crippen molar-refractivity contribution in [3.63, 3.8) is 0 Å². The largest absolute Gasteiger partial charge is 0.388 e. The third kappa shape index (κ3) is 2.48. The van der Waals surface area contributed by atoms with Gasteiger partial charge in [0.1, 0.15) is 4.99 Å². The van der Waals surface area contributed by atoms with Gasteiger partial charge in [-0.25, -0.2) is 0 Å². The zero-order valence-electron chi connectivity index (χ0n) is 7.90. The lowest BCUT2D eigenvalue weighted by molar-refractivity contribution is 0.439. The van der Waals surface area contributed by atoms with Gasteiger partial charge in [-0.1, -0.05) is 12.2 Å². The highest BCUT2D eigenvalue weighted by Gasteiger charge is 2.23. The summed E-state index contributed by atoms with van der Waals surface area (Å²) in [5.41, 5.74) is 1.34. The van der Waals surface area contributed by atoms with E-state index in [1.165, 1.54) is 5.70 Å². The molecule has 3 heteroatoms. The Morgan fingerprint density at radius 2 is 2.33 bits per heavy atom. The van der Waals surface area contributed by atoms with Crippen LogP contribution in [0, 0.1) is 0 Å². The first-order chi connectivity index (χ1) is 5.53. The van der Waals surface area contributed by atoms with Crippen LogP contribution in [0.1, 0.15) is 27.2 Å². The second-order valence-corrected chi connectivity index (χ2v) is 4.19. The maximum atomic E-state index is 5.12. The molecule has 0 saturated heterocycles. The topological polar surface area (TPSA) is 24.1 Å². The summed E-state index contributed by atoms with van der Waals surface area (Å²) in [6.45, 7) is 7.37. The Morgan fingerprint density at radius 1 is 1.67 bits per heavy atom. The molecule has 0 aromatic carbocycles. The summed E-state index contributed by atoms with van der Waals surface area (Å²) in [4.78, 5) is 0.835. The lowest BCUT2D eigenvalue weighted by Gasteiger charge is -2.32. The molecular formula is C9H16N2S. The zero-order chi connectivity index (χ0) is 9.19. The number of nitrogens with one attached hydrogen (secondary N) is 2. The quantitative estimate of drug-likeness (QED) is 0.637. The molecule has 1 rings (SSSR count). The number of rotatable bonds is 2. The van der Waals surface area contributed by atoms with Crippen LogP contribution in [-0.2, 0) is 0 Å². The average molecular weight is 184 g/mol. The first-order valence-electron chi connectivity index (χ1n) is 4.30. The molecule has 1 aliphatic rings. The molecule has 0 atom stereocenters. The van der Waals surface area contributed by atoms with Crippen LogP contribution in [-0.4, -0.2) is 17.1 Å². The molecule has 0 aromatic rings. The van der Waals surface area contributed by atoms with Gasteiger partial charge in [-0.3, -0.25) is 0 Å². The highest BCUT2D eigenvalue weighted by atomic mass is 32.1. The molecule has 0 fully saturated rings. The Kier molecular flexibility index (Phi) is 2.73. The van der Waals surface area contributed by atoms with Crippen LogP contribution in [0.15, 0.2) is 11.8 Å². The lowest BCUT2D eigenvalue weighted by atomic mass is 9.95. The molecule has 2 nitrogen and oxygen atoms in total. The Morgan fingerprint density at radius 3 is 2.83 bits per heavy atom. The summed E-state index contributed by atoms with van der Waals surface area (Å²) >= 11 is 5.12. The van der Waals surface area contributed by atoms with E-state index in [0.29, 0.717) is 0 Å². The van der Waals surface area contributed by atoms with Gasteiger partial charge in [0.25, 0.3) is 0 Å². The minimum atomic E-state index is 0.101. The van der Waals surface area contributed by atoms with Crippen molar-refractivity contribution in [3.8, 4) is 0 Å². The van der Waals surface area contributed by atoms with Crippen LogP contribution in [0.3, 0.4) is 0 Å². The highest BCUT2D eigenvalue weighted by molar-refractivity contribution is 7.80. The fraction of sp³-hybridized carbons (Fsp3) is 0.667. The molecule has 68 valence electrons. The van der Waals surface area contributed by atoms with Crippen LogP contribution < -0.4 is 10.6 Å². The molecule has 0 unspecified atom stereocenters. The molecule has 2 N–H and O–H groups in total. The molecule has 0 spiro atoms. The first-order valence-corrected chi connectivity index (χ1v) is 4.71. The van der Waals surface area contributed by atoms with E-state index in [0.717, 1.165) is 18.0 Å².